The number of amides is 1. The first-order valence-corrected chi connectivity index (χ1v) is 9.84. The fraction of sp³-hybridized carbons (Fsp3) is 0.333. The van der Waals surface area contributed by atoms with E-state index < -0.39 is 5.97 Å². The molecule has 0 saturated carbocycles. The number of esters is 1. The standard InChI is InChI=1S/C21H22FN5O3/c1-2-27-19-8-3-15(13-18(19)23-24-27)21(29)30-14-20(28)26-11-9-25(10-12-26)17-6-4-16(22)5-7-17/h3-8,13H,2,9-12,14H2,1H3. The van der Waals surface area contributed by atoms with E-state index in [1.807, 2.05) is 6.92 Å². The van der Waals surface area contributed by atoms with E-state index >= 15 is 0 Å². The van der Waals surface area contributed by atoms with Crippen LogP contribution in [0.5, 0.6) is 0 Å². The van der Waals surface area contributed by atoms with Gasteiger partial charge in [-0.2, -0.15) is 0 Å². The first kappa shape index (κ1) is 19.8. The normalized spacial score (nSPS) is 14.2. The zero-order valence-electron chi connectivity index (χ0n) is 16.6. The van der Waals surface area contributed by atoms with Crippen molar-refractivity contribution in [3.63, 3.8) is 0 Å². The monoisotopic (exact) mass is 411 g/mol. The van der Waals surface area contributed by atoms with Gasteiger partial charge in [0.15, 0.2) is 6.61 Å². The molecule has 0 unspecified atom stereocenters. The second-order valence-electron chi connectivity index (χ2n) is 7.03. The molecule has 0 radical (unpaired) electrons. The zero-order chi connectivity index (χ0) is 21.1. The number of carbonyl (C=O) groups excluding carboxylic acids is 2. The Morgan fingerprint density at radius 2 is 1.80 bits per heavy atom. The molecule has 0 atom stereocenters. The van der Waals surface area contributed by atoms with Crippen molar-refractivity contribution in [1.29, 1.82) is 0 Å². The van der Waals surface area contributed by atoms with E-state index in [4.69, 9.17) is 4.74 Å². The van der Waals surface area contributed by atoms with Crippen LogP contribution in [0.1, 0.15) is 17.3 Å². The minimum absolute atomic E-state index is 0.236. The van der Waals surface area contributed by atoms with E-state index in [0.717, 1.165) is 11.2 Å². The second-order valence-corrected chi connectivity index (χ2v) is 7.03. The van der Waals surface area contributed by atoms with Crippen LogP contribution in [0.25, 0.3) is 11.0 Å². The van der Waals surface area contributed by atoms with Crippen LogP contribution in [0.3, 0.4) is 0 Å². The van der Waals surface area contributed by atoms with E-state index in [0.29, 0.717) is 43.8 Å². The molecule has 0 bridgehead atoms. The van der Waals surface area contributed by atoms with E-state index in [1.54, 1.807) is 39.9 Å². The second kappa shape index (κ2) is 8.48. The Morgan fingerprint density at radius 1 is 1.07 bits per heavy atom. The smallest absolute Gasteiger partial charge is 0.338 e. The first-order valence-electron chi connectivity index (χ1n) is 9.84. The number of aryl methyl sites for hydroxylation is 1. The number of ether oxygens (including phenoxy) is 1. The number of hydrogen-bond donors (Lipinski definition) is 0. The van der Waals surface area contributed by atoms with E-state index in [-0.39, 0.29) is 18.3 Å². The number of nitrogens with zero attached hydrogens (tertiary/aromatic N) is 5. The summed E-state index contributed by atoms with van der Waals surface area (Å²) in [5, 5.41) is 8.06. The number of carbonyl (C=O) groups is 2. The molecular weight excluding hydrogens is 389 g/mol. The fourth-order valence-corrected chi connectivity index (χ4v) is 3.50. The maximum Gasteiger partial charge on any atom is 0.338 e. The number of hydrogen-bond acceptors (Lipinski definition) is 6. The summed E-state index contributed by atoms with van der Waals surface area (Å²) in [5.74, 6) is -1.08. The topological polar surface area (TPSA) is 80.6 Å². The van der Waals surface area contributed by atoms with Gasteiger partial charge in [0.05, 0.1) is 11.1 Å². The number of anilines is 1. The largest absolute Gasteiger partial charge is 0.452 e. The van der Waals surface area contributed by atoms with Gasteiger partial charge in [-0.1, -0.05) is 5.21 Å². The molecule has 3 aromatic rings. The molecule has 1 fully saturated rings. The third kappa shape index (κ3) is 4.10. The van der Waals surface area contributed by atoms with Gasteiger partial charge >= 0.3 is 5.97 Å². The quantitative estimate of drug-likeness (QED) is 0.598. The van der Waals surface area contributed by atoms with Crippen LogP contribution in [0.2, 0.25) is 0 Å². The average molecular weight is 411 g/mol. The molecule has 4 rings (SSSR count). The van der Waals surface area contributed by atoms with Crippen LogP contribution in [-0.2, 0) is 16.1 Å². The summed E-state index contributed by atoms with van der Waals surface area (Å²) < 4.78 is 20.0. The lowest BCUT2D eigenvalue weighted by molar-refractivity contribution is -0.134. The van der Waals surface area contributed by atoms with E-state index in [1.165, 1.54) is 12.1 Å². The number of aromatic nitrogens is 3. The maximum atomic E-state index is 13.1. The Bertz CT molecular complexity index is 1060. The highest BCUT2D eigenvalue weighted by atomic mass is 19.1. The molecule has 8 nitrogen and oxygen atoms in total. The predicted octanol–water partition coefficient (Wildman–Crippen LogP) is 2.10. The van der Waals surface area contributed by atoms with Gasteiger partial charge in [0, 0.05) is 38.4 Å². The number of fused-ring (bicyclic) bond motifs is 1. The number of rotatable bonds is 5. The summed E-state index contributed by atoms with van der Waals surface area (Å²) in [6, 6.07) is 11.3. The predicted molar refractivity (Wildman–Crippen MR) is 109 cm³/mol. The summed E-state index contributed by atoms with van der Waals surface area (Å²) in [6.07, 6.45) is 0. The Balaban J connectivity index is 1.29. The van der Waals surface area contributed by atoms with Crippen LogP contribution in [0.15, 0.2) is 42.5 Å². The summed E-state index contributed by atoms with van der Waals surface area (Å²) >= 11 is 0. The average Bonchev–Trinajstić information content (AvgIpc) is 3.20. The molecular formula is C21H22FN5O3. The summed E-state index contributed by atoms with van der Waals surface area (Å²) in [5.41, 5.74) is 2.70. The molecule has 1 aromatic heterocycles. The van der Waals surface area contributed by atoms with Crippen LogP contribution in [0.4, 0.5) is 10.1 Å². The summed E-state index contributed by atoms with van der Waals surface area (Å²) in [7, 11) is 0. The van der Waals surface area contributed by atoms with Gasteiger partial charge in [-0.25, -0.2) is 13.9 Å². The van der Waals surface area contributed by atoms with Crippen molar-refractivity contribution < 1.29 is 18.7 Å². The van der Waals surface area contributed by atoms with Crippen molar-refractivity contribution in [2.75, 3.05) is 37.7 Å². The molecule has 1 saturated heterocycles. The van der Waals surface area contributed by atoms with Crippen molar-refractivity contribution in [3.05, 3.63) is 53.8 Å². The highest BCUT2D eigenvalue weighted by Crippen LogP contribution is 2.17. The summed E-state index contributed by atoms with van der Waals surface area (Å²) in [6.45, 7) is 4.63. The number of halogens is 1. The lowest BCUT2D eigenvalue weighted by atomic mass is 10.2. The van der Waals surface area contributed by atoms with Gasteiger partial charge in [-0.15, -0.1) is 5.10 Å². The molecule has 0 aliphatic carbocycles. The van der Waals surface area contributed by atoms with E-state index in [2.05, 4.69) is 15.2 Å². The molecule has 0 spiro atoms. The van der Waals surface area contributed by atoms with Crippen LogP contribution in [-0.4, -0.2) is 64.6 Å². The minimum Gasteiger partial charge on any atom is -0.452 e. The Kier molecular flexibility index (Phi) is 5.60. The molecule has 9 heteroatoms. The Morgan fingerprint density at radius 3 is 2.50 bits per heavy atom. The van der Waals surface area contributed by atoms with Crippen LogP contribution < -0.4 is 4.90 Å². The van der Waals surface area contributed by atoms with Crippen molar-refractivity contribution in [2.45, 2.75) is 13.5 Å². The number of benzene rings is 2. The molecule has 2 aromatic carbocycles. The lowest BCUT2D eigenvalue weighted by Crippen LogP contribution is -2.49. The third-order valence-electron chi connectivity index (χ3n) is 5.20. The lowest BCUT2D eigenvalue weighted by Gasteiger charge is -2.36. The minimum atomic E-state index is -0.568. The molecule has 1 amide bonds. The molecule has 0 N–H and O–H groups in total. The highest BCUT2D eigenvalue weighted by Gasteiger charge is 2.22. The van der Waals surface area contributed by atoms with Gasteiger partial charge in [0.1, 0.15) is 11.3 Å². The summed E-state index contributed by atoms with van der Waals surface area (Å²) in [4.78, 5) is 28.5. The van der Waals surface area contributed by atoms with Gasteiger partial charge in [-0.3, -0.25) is 4.79 Å². The van der Waals surface area contributed by atoms with Gasteiger partial charge in [0.2, 0.25) is 0 Å². The number of piperazine rings is 1. The molecule has 2 heterocycles. The Labute approximate surface area is 172 Å². The van der Waals surface area contributed by atoms with Crippen molar-refractivity contribution >= 4 is 28.6 Å². The fourth-order valence-electron chi connectivity index (χ4n) is 3.50. The zero-order valence-corrected chi connectivity index (χ0v) is 16.6. The van der Waals surface area contributed by atoms with Gasteiger partial charge < -0.3 is 14.5 Å². The molecule has 1 aliphatic rings. The molecule has 156 valence electrons. The van der Waals surface area contributed by atoms with Crippen LogP contribution >= 0.6 is 0 Å². The van der Waals surface area contributed by atoms with Gasteiger partial charge in [-0.05, 0) is 49.4 Å². The first-order chi connectivity index (χ1) is 14.5. The molecule has 1 aliphatic heterocycles. The van der Waals surface area contributed by atoms with Crippen molar-refractivity contribution in [1.82, 2.24) is 19.9 Å². The third-order valence-corrected chi connectivity index (χ3v) is 5.20. The van der Waals surface area contributed by atoms with Crippen molar-refractivity contribution in [3.8, 4) is 0 Å². The maximum absolute atomic E-state index is 13.1. The Hall–Kier alpha value is -3.49. The highest BCUT2D eigenvalue weighted by molar-refractivity contribution is 5.94. The van der Waals surface area contributed by atoms with Crippen LogP contribution in [0, 0.1) is 5.82 Å². The van der Waals surface area contributed by atoms with Crippen molar-refractivity contribution in [2.24, 2.45) is 0 Å². The SMILES string of the molecule is CCn1nnc2cc(C(=O)OCC(=O)N3CCN(c4ccc(F)cc4)CC3)ccc21. The molecule has 30 heavy (non-hydrogen) atoms. The van der Waals surface area contributed by atoms with Gasteiger partial charge in [0.25, 0.3) is 5.91 Å². The van der Waals surface area contributed by atoms with E-state index in [9.17, 15) is 14.0 Å².